The van der Waals surface area contributed by atoms with Gasteiger partial charge < -0.3 is 4.74 Å². The third kappa shape index (κ3) is 1.96. The van der Waals surface area contributed by atoms with Gasteiger partial charge in [0.25, 0.3) is 0 Å². The number of carbonyl (C=O) groups is 2. The van der Waals surface area contributed by atoms with Crippen LogP contribution in [0.2, 0.25) is 0 Å². The van der Waals surface area contributed by atoms with Gasteiger partial charge in [-0.15, -0.1) is 0 Å². The van der Waals surface area contributed by atoms with Gasteiger partial charge >= 0.3 is 5.97 Å². The summed E-state index contributed by atoms with van der Waals surface area (Å²) in [7, 11) is 0. The zero-order valence-electron chi connectivity index (χ0n) is 7.61. The highest BCUT2D eigenvalue weighted by Gasteiger charge is 2.13. The summed E-state index contributed by atoms with van der Waals surface area (Å²) >= 11 is 0. The highest BCUT2D eigenvalue weighted by molar-refractivity contribution is 5.93. The maximum Gasteiger partial charge on any atom is 0.355 e. The van der Waals surface area contributed by atoms with Crippen LogP contribution in [0.15, 0.2) is 18.3 Å². The molecular weight excluding hydrogens is 170 g/mol. The van der Waals surface area contributed by atoms with E-state index in [4.69, 9.17) is 4.74 Å². The van der Waals surface area contributed by atoms with E-state index in [2.05, 4.69) is 0 Å². The fourth-order valence-corrected chi connectivity index (χ4v) is 1.03. The van der Waals surface area contributed by atoms with Crippen molar-refractivity contribution < 1.29 is 14.3 Å². The van der Waals surface area contributed by atoms with Crippen molar-refractivity contribution in [2.24, 2.45) is 0 Å². The SMILES string of the molecule is CCOC(=O)c1cccn1C(C)=O. The highest BCUT2D eigenvalue weighted by Crippen LogP contribution is 2.03. The second-order valence-corrected chi connectivity index (χ2v) is 2.50. The topological polar surface area (TPSA) is 48.3 Å². The molecule has 0 atom stereocenters. The fourth-order valence-electron chi connectivity index (χ4n) is 1.03. The monoisotopic (exact) mass is 181 g/mol. The Labute approximate surface area is 76.1 Å². The van der Waals surface area contributed by atoms with E-state index in [1.54, 1.807) is 19.1 Å². The van der Waals surface area contributed by atoms with E-state index in [1.807, 2.05) is 0 Å². The first kappa shape index (κ1) is 9.51. The van der Waals surface area contributed by atoms with Gasteiger partial charge in [0.1, 0.15) is 5.69 Å². The smallest absolute Gasteiger partial charge is 0.355 e. The van der Waals surface area contributed by atoms with Gasteiger partial charge in [-0.2, -0.15) is 0 Å². The van der Waals surface area contributed by atoms with Crippen LogP contribution >= 0.6 is 0 Å². The summed E-state index contributed by atoms with van der Waals surface area (Å²) in [6.45, 7) is 3.42. The molecule has 70 valence electrons. The Balaban J connectivity index is 2.93. The molecule has 1 aromatic rings. The molecule has 0 fully saturated rings. The van der Waals surface area contributed by atoms with Gasteiger partial charge in [-0.1, -0.05) is 0 Å². The molecule has 1 rings (SSSR count). The van der Waals surface area contributed by atoms with Crippen LogP contribution in [0.3, 0.4) is 0 Å². The molecule has 1 aromatic heterocycles. The highest BCUT2D eigenvalue weighted by atomic mass is 16.5. The number of carbonyl (C=O) groups excluding carboxylic acids is 2. The molecule has 13 heavy (non-hydrogen) atoms. The van der Waals surface area contributed by atoms with Crippen LogP contribution in [0, 0.1) is 0 Å². The lowest BCUT2D eigenvalue weighted by molar-refractivity contribution is 0.0509. The molecule has 0 aliphatic rings. The minimum atomic E-state index is -0.470. The molecule has 0 N–H and O–H groups in total. The first-order valence-electron chi connectivity index (χ1n) is 4.02. The maximum absolute atomic E-state index is 11.2. The largest absolute Gasteiger partial charge is 0.461 e. The minimum absolute atomic E-state index is 0.201. The molecule has 0 unspecified atom stereocenters. The second kappa shape index (κ2) is 3.89. The lowest BCUT2D eigenvalue weighted by Crippen LogP contribution is -2.15. The van der Waals surface area contributed by atoms with Crippen LogP contribution in [0.1, 0.15) is 29.1 Å². The van der Waals surface area contributed by atoms with E-state index >= 15 is 0 Å². The number of nitrogens with zero attached hydrogens (tertiary/aromatic N) is 1. The van der Waals surface area contributed by atoms with Crippen molar-refractivity contribution in [3.63, 3.8) is 0 Å². The third-order valence-corrected chi connectivity index (χ3v) is 1.57. The molecule has 0 aromatic carbocycles. The molecule has 0 bridgehead atoms. The van der Waals surface area contributed by atoms with Crippen molar-refractivity contribution in [2.75, 3.05) is 6.61 Å². The number of hydrogen-bond donors (Lipinski definition) is 0. The van der Waals surface area contributed by atoms with Crippen molar-refractivity contribution in [2.45, 2.75) is 13.8 Å². The van der Waals surface area contributed by atoms with Crippen LogP contribution < -0.4 is 0 Å². The standard InChI is InChI=1S/C9H11NO3/c1-3-13-9(12)8-5-4-6-10(8)7(2)11/h4-6H,3H2,1-2H3. The van der Waals surface area contributed by atoms with Gasteiger partial charge in [-0.25, -0.2) is 4.79 Å². The van der Waals surface area contributed by atoms with Gasteiger partial charge in [0.2, 0.25) is 5.91 Å². The third-order valence-electron chi connectivity index (χ3n) is 1.57. The lowest BCUT2D eigenvalue weighted by Gasteiger charge is -2.03. The quantitative estimate of drug-likeness (QED) is 0.646. The van der Waals surface area contributed by atoms with E-state index in [9.17, 15) is 9.59 Å². The summed E-state index contributed by atoms with van der Waals surface area (Å²) in [6.07, 6.45) is 1.54. The number of rotatable bonds is 2. The predicted octanol–water partition coefficient (Wildman–Crippen LogP) is 1.32. The average molecular weight is 181 g/mol. The molecule has 0 radical (unpaired) electrons. The predicted molar refractivity (Wildman–Crippen MR) is 46.7 cm³/mol. The van der Waals surface area contributed by atoms with Gasteiger partial charge in [-0.3, -0.25) is 9.36 Å². The van der Waals surface area contributed by atoms with E-state index in [-0.39, 0.29) is 11.6 Å². The summed E-state index contributed by atoms with van der Waals surface area (Å²) in [5.41, 5.74) is 0.273. The Morgan fingerprint density at radius 3 is 2.77 bits per heavy atom. The Morgan fingerprint density at radius 2 is 2.23 bits per heavy atom. The molecule has 0 saturated carbocycles. The lowest BCUT2D eigenvalue weighted by atomic mass is 10.4. The number of aromatic nitrogens is 1. The van der Waals surface area contributed by atoms with Gasteiger partial charge in [0.05, 0.1) is 6.61 Å². The summed E-state index contributed by atoms with van der Waals surface area (Å²) in [5.74, 6) is -0.671. The average Bonchev–Trinajstić information content (AvgIpc) is 2.52. The van der Waals surface area contributed by atoms with E-state index < -0.39 is 5.97 Å². The molecule has 0 spiro atoms. The molecule has 0 amide bonds. The maximum atomic E-state index is 11.2. The zero-order valence-corrected chi connectivity index (χ0v) is 7.61. The van der Waals surface area contributed by atoms with E-state index in [0.717, 1.165) is 0 Å². The molecule has 4 heteroatoms. The van der Waals surface area contributed by atoms with Crippen LogP contribution in [0.4, 0.5) is 0 Å². The molecule has 1 heterocycles. The van der Waals surface area contributed by atoms with Crippen LogP contribution in [0.5, 0.6) is 0 Å². The summed E-state index contributed by atoms with van der Waals surface area (Å²) < 4.78 is 6.03. The first-order valence-corrected chi connectivity index (χ1v) is 4.02. The van der Waals surface area contributed by atoms with Crippen molar-refractivity contribution in [1.29, 1.82) is 0 Å². The number of hydrogen-bond acceptors (Lipinski definition) is 3. The normalized spacial score (nSPS) is 9.69. The van der Waals surface area contributed by atoms with Gasteiger partial charge in [0.15, 0.2) is 0 Å². The summed E-state index contributed by atoms with van der Waals surface area (Å²) in [6, 6.07) is 3.19. The minimum Gasteiger partial charge on any atom is -0.461 e. The van der Waals surface area contributed by atoms with Gasteiger partial charge in [0, 0.05) is 13.1 Å². The molecule has 4 nitrogen and oxygen atoms in total. The van der Waals surface area contributed by atoms with Crippen molar-refractivity contribution in [1.82, 2.24) is 4.57 Å². The van der Waals surface area contributed by atoms with E-state index in [1.165, 1.54) is 17.7 Å². The fraction of sp³-hybridized carbons (Fsp3) is 0.333. The Hall–Kier alpha value is -1.58. The van der Waals surface area contributed by atoms with Crippen LogP contribution in [-0.4, -0.2) is 23.1 Å². The van der Waals surface area contributed by atoms with Gasteiger partial charge in [-0.05, 0) is 19.1 Å². The Bertz CT molecular complexity index is 327. The summed E-state index contributed by atoms with van der Waals surface area (Å²) in [5, 5.41) is 0. The molecule has 0 aliphatic carbocycles. The van der Waals surface area contributed by atoms with Crippen LogP contribution in [-0.2, 0) is 4.74 Å². The first-order chi connectivity index (χ1) is 6.16. The Morgan fingerprint density at radius 1 is 1.54 bits per heavy atom. The number of esters is 1. The summed E-state index contributed by atoms with van der Waals surface area (Å²) in [4.78, 5) is 22.2. The number of ether oxygens (including phenoxy) is 1. The van der Waals surface area contributed by atoms with E-state index in [0.29, 0.717) is 6.61 Å². The second-order valence-electron chi connectivity index (χ2n) is 2.50. The van der Waals surface area contributed by atoms with Crippen molar-refractivity contribution in [3.8, 4) is 0 Å². The molecule has 0 aliphatic heterocycles. The molecule has 0 saturated heterocycles. The van der Waals surface area contributed by atoms with Crippen molar-refractivity contribution in [3.05, 3.63) is 24.0 Å². The van der Waals surface area contributed by atoms with Crippen molar-refractivity contribution >= 4 is 11.9 Å². The zero-order chi connectivity index (χ0) is 9.84. The molecular formula is C9H11NO3. The Kier molecular flexibility index (Phi) is 2.84. The van der Waals surface area contributed by atoms with Crippen LogP contribution in [0.25, 0.3) is 0 Å².